The van der Waals surface area contributed by atoms with Gasteiger partial charge in [-0.1, -0.05) is 432 Å². The van der Waals surface area contributed by atoms with Gasteiger partial charge in [0.25, 0.3) is 0 Å². The molecule has 0 unspecified atom stereocenters. The first-order chi connectivity index (χ1) is 67.9. The molecule has 0 heteroatoms. The zero-order valence-corrected chi connectivity index (χ0v) is 94.9. The fraction of sp³-hybridized carbons (Fsp3) is 0.394. The maximum absolute atomic E-state index is 2.34. The summed E-state index contributed by atoms with van der Waals surface area (Å²) in [5.41, 5.74) is 47.8. The molecule has 0 nitrogen and oxygen atoms in total. The molecular formula is C142H190. The molecule has 0 N–H and O–H groups in total. The summed E-state index contributed by atoms with van der Waals surface area (Å²) in [7, 11) is 0. The molecule has 0 amide bonds. The van der Waals surface area contributed by atoms with Crippen LogP contribution in [-0.4, -0.2) is 0 Å². The van der Waals surface area contributed by atoms with Crippen LogP contribution in [0.25, 0.3) is 53.9 Å². The second kappa shape index (κ2) is 64.5. The van der Waals surface area contributed by atoms with Gasteiger partial charge >= 0.3 is 0 Å². The summed E-state index contributed by atoms with van der Waals surface area (Å²) in [4.78, 5) is 0. The van der Waals surface area contributed by atoms with Gasteiger partial charge in [0.2, 0.25) is 0 Å². The number of hydrogen-bond acceptors (Lipinski definition) is 0. The number of aryl methyl sites for hydroxylation is 31. The van der Waals surface area contributed by atoms with Crippen LogP contribution in [0.4, 0.5) is 0 Å². The van der Waals surface area contributed by atoms with Crippen molar-refractivity contribution in [2.75, 3.05) is 0 Å². The van der Waals surface area contributed by atoms with E-state index < -0.39 is 0 Å². The van der Waals surface area contributed by atoms with E-state index in [0.717, 1.165) is 141 Å². The summed E-state index contributed by atoms with van der Waals surface area (Å²) in [6.45, 7) is 72.7. The zero-order valence-electron chi connectivity index (χ0n) is 94.9. The smallest absolute Gasteiger partial charge is 0.0152 e. The third kappa shape index (κ3) is 37.2. The van der Waals surface area contributed by atoms with E-state index in [0.29, 0.717) is 0 Å². The van der Waals surface area contributed by atoms with Crippen molar-refractivity contribution in [2.45, 2.75) is 377 Å². The van der Waals surface area contributed by atoms with Crippen molar-refractivity contribution >= 4 is 53.9 Å². The minimum atomic E-state index is 0. The van der Waals surface area contributed by atoms with Gasteiger partial charge in [0, 0.05) is 0 Å². The molecule has 16 aromatic carbocycles. The van der Waals surface area contributed by atoms with Crippen molar-refractivity contribution in [3.05, 3.63) is 444 Å². The molecule has 0 bridgehead atoms. The van der Waals surface area contributed by atoms with Crippen molar-refractivity contribution < 1.29 is 0 Å². The van der Waals surface area contributed by atoms with Gasteiger partial charge in [-0.2, -0.15) is 0 Å². The molecule has 0 heterocycles. The summed E-state index contributed by atoms with van der Waals surface area (Å²) in [6.07, 6.45) is 25.0. The molecule has 0 saturated heterocycles. The summed E-state index contributed by atoms with van der Waals surface area (Å²) < 4.78 is 0. The molecule has 0 radical (unpaired) electrons. The van der Waals surface area contributed by atoms with E-state index in [4.69, 9.17) is 0 Å². The second-order valence-electron chi connectivity index (χ2n) is 38.6. The lowest BCUT2D eigenvalue weighted by Crippen LogP contribution is -1.93. The van der Waals surface area contributed by atoms with Crippen molar-refractivity contribution in [1.29, 1.82) is 0 Å². The van der Waals surface area contributed by atoms with E-state index in [1.54, 1.807) is 0 Å². The molecule has 16 aromatic rings. The lowest BCUT2D eigenvalue weighted by molar-refractivity contribution is 1.02. The Hall–Kier alpha value is -11.2. The lowest BCUT2D eigenvalue weighted by atomic mass is 9.97. The highest BCUT2D eigenvalue weighted by Crippen LogP contribution is 2.30. The van der Waals surface area contributed by atoms with Gasteiger partial charge in [-0.3, -0.25) is 0 Å². The van der Waals surface area contributed by atoms with Crippen LogP contribution in [0.3, 0.4) is 0 Å². The third-order valence-corrected chi connectivity index (χ3v) is 28.9. The van der Waals surface area contributed by atoms with Gasteiger partial charge in [-0.15, -0.1) is 0 Å². The fourth-order valence-electron chi connectivity index (χ4n) is 19.2. The Kier molecular flexibility index (Phi) is 55.1. The first kappa shape index (κ1) is 121. The highest BCUT2D eigenvalue weighted by atomic mass is 14.2. The van der Waals surface area contributed by atoms with E-state index in [2.05, 4.69) is 489 Å². The van der Waals surface area contributed by atoms with Crippen molar-refractivity contribution in [3.8, 4) is 0 Å². The van der Waals surface area contributed by atoms with Crippen LogP contribution in [0.1, 0.15) is 343 Å². The summed E-state index contributed by atoms with van der Waals surface area (Å²) in [5.74, 6) is 0. The van der Waals surface area contributed by atoms with E-state index >= 15 is 0 Å². The number of benzene rings is 16. The standard InChI is InChI=1S/5C15H18.6C11H16.CH4/c1-4-12-6-9-15-11(3)13(5-2)7-8-14(15)10-12;1-4-12-6-7-14-9-13(5-2)8-11(3)15(14)10-12;1-4-12-6-7-14-10-13(5-2)11(3)8-15(14)9-12;1-4-12-6-7-14-8-11(3)13(5-2)10-15(14)9-12;1-4-12-6-7-15-11(3)8-13(5-2)10-14(15)9-12;1-4-10-6-9(3)7-11(5-2)8-10;1-4-10-6-7-11(5-2)9(3)8-10;1-4-10-7-6-9(3)11(5-2)8-10;1-4-10-7-6-9(3)8-11(10)5-2;1-4-10-7-6-8-11(5-2)9(10)3;1-4-10-8-6-7-9(3)11(10)5-2;/h5*6-10H,4-5H2,1-3H3;6*6-8H,4-5H2,1-3H3;1H4. The monoisotopic (exact) mass is 1900 g/mol. The Morgan fingerprint density at radius 3 is 0.930 bits per heavy atom. The average molecular weight is 1900 g/mol. The fourth-order valence-corrected chi connectivity index (χ4v) is 19.2. The normalized spacial score (nSPS) is 10.4. The van der Waals surface area contributed by atoms with Crippen molar-refractivity contribution in [3.63, 3.8) is 0 Å². The average Bonchev–Trinajstić information content (AvgIpc) is 0.784. The Morgan fingerprint density at radius 2 is 0.451 bits per heavy atom. The molecule has 0 atom stereocenters. The Labute approximate surface area is 869 Å². The zero-order chi connectivity index (χ0) is 104. The molecule has 0 saturated carbocycles. The van der Waals surface area contributed by atoms with Crippen LogP contribution in [0.2, 0.25) is 0 Å². The maximum atomic E-state index is 2.34. The van der Waals surface area contributed by atoms with Crippen LogP contribution < -0.4 is 0 Å². The number of fused-ring (bicyclic) bond motifs is 5. The molecule has 16 rings (SSSR count). The molecule has 758 valence electrons. The molecule has 0 aromatic heterocycles. The molecule has 142 heavy (non-hydrogen) atoms. The topological polar surface area (TPSA) is 0 Å². The first-order valence-corrected chi connectivity index (χ1v) is 55.0. The van der Waals surface area contributed by atoms with E-state index in [-0.39, 0.29) is 7.43 Å². The quantitative estimate of drug-likeness (QED) is 0.0634. The second-order valence-corrected chi connectivity index (χ2v) is 38.6. The minimum Gasteiger partial charge on any atom is -0.0776 e. The Bertz CT molecular complexity index is 6410. The van der Waals surface area contributed by atoms with Crippen LogP contribution >= 0.6 is 0 Å². The molecular weight excluding hydrogens is 1710 g/mol. The van der Waals surface area contributed by atoms with E-state index in [1.165, 1.54) is 237 Å². The van der Waals surface area contributed by atoms with Crippen LogP contribution in [0.15, 0.2) is 261 Å². The van der Waals surface area contributed by atoms with E-state index in [9.17, 15) is 0 Å². The highest BCUT2D eigenvalue weighted by Gasteiger charge is 2.10. The molecule has 0 aliphatic rings. The Morgan fingerprint density at radius 1 is 0.134 bits per heavy atom. The molecule has 0 aliphatic heterocycles. The molecule has 0 fully saturated rings. The van der Waals surface area contributed by atoms with Gasteiger partial charge in [0.15, 0.2) is 0 Å². The summed E-state index contributed by atoms with van der Waals surface area (Å²) in [6, 6.07) is 97.2. The highest BCUT2D eigenvalue weighted by molar-refractivity contribution is 5.90. The predicted molar refractivity (Wildman–Crippen MR) is 644 cm³/mol. The van der Waals surface area contributed by atoms with Gasteiger partial charge < -0.3 is 0 Å². The largest absolute Gasteiger partial charge is 0.0776 e. The van der Waals surface area contributed by atoms with Crippen molar-refractivity contribution in [2.24, 2.45) is 0 Å². The van der Waals surface area contributed by atoms with Crippen molar-refractivity contribution in [1.82, 2.24) is 0 Å². The van der Waals surface area contributed by atoms with Gasteiger partial charge in [0.05, 0.1) is 0 Å². The van der Waals surface area contributed by atoms with Gasteiger partial charge in [-0.05, 0) is 444 Å². The number of hydrogen-bond donors (Lipinski definition) is 0. The van der Waals surface area contributed by atoms with E-state index in [1.807, 2.05) is 0 Å². The van der Waals surface area contributed by atoms with Crippen LogP contribution in [0, 0.1) is 76.2 Å². The summed E-state index contributed by atoms with van der Waals surface area (Å²) >= 11 is 0. The molecule has 0 aliphatic carbocycles. The van der Waals surface area contributed by atoms with Crippen LogP contribution in [0.5, 0.6) is 0 Å². The summed E-state index contributed by atoms with van der Waals surface area (Å²) in [5, 5.41) is 13.9. The third-order valence-electron chi connectivity index (χ3n) is 28.9. The van der Waals surface area contributed by atoms with Gasteiger partial charge in [0.1, 0.15) is 0 Å². The minimum absolute atomic E-state index is 0. The Balaban J connectivity index is 0.000000276. The van der Waals surface area contributed by atoms with Gasteiger partial charge in [-0.25, -0.2) is 0 Å². The predicted octanol–water partition coefficient (Wildman–Crippen LogP) is 40.7. The first-order valence-electron chi connectivity index (χ1n) is 55.0. The SMILES string of the molecule is C.CCc1cc(C)c2cc(CC)ccc2c1.CCc1cc(C)cc(CC)c1.CCc1ccc(C)c(CC)c1.CCc1ccc(C)cc1CC.CCc1ccc(CC)c(C)c1.CCc1ccc2c(C)c(CC)ccc2c1.CCc1ccc2c(C)cc(CC)cc2c1.CCc1ccc2cc(C)c(CC)cc2c1.CCc1ccc2cc(CC)c(C)cc2c1.CCc1cccc(C)c1CC.CCc1cccc(CC)c1C. The lowest BCUT2D eigenvalue weighted by Gasteiger charge is -2.08. The molecule has 0 spiro atoms. The maximum Gasteiger partial charge on any atom is -0.0152 e. The van der Waals surface area contributed by atoms with Crippen LogP contribution in [-0.2, 0) is 141 Å². The number of rotatable bonds is 22.